The van der Waals surface area contributed by atoms with E-state index in [2.05, 4.69) is 188 Å². The van der Waals surface area contributed by atoms with Gasteiger partial charge < -0.3 is 5.32 Å². The molecule has 1 heteroatoms. The van der Waals surface area contributed by atoms with Crippen LogP contribution < -0.4 is 5.32 Å². The molecule has 0 radical (unpaired) electrons. The lowest BCUT2D eigenvalue weighted by Crippen LogP contribution is -2.28. The largest absolute Gasteiger partial charge is 0.361 e. The average molecular weight is 756 g/mol. The minimum atomic E-state index is -0.194. The molecule has 0 amide bonds. The monoisotopic (exact) mass is 755 g/mol. The maximum atomic E-state index is 3.65. The molecule has 0 aromatic heterocycles. The Morgan fingerprint density at radius 1 is 0.610 bits per heavy atom. The molecule has 0 fully saturated rings. The van der Waals surface area contributed by atoms with Gasteiger partial charge in [0.05, 0.1) is 5.41 Å². The van der Waals surface area contributed by atoms with Gasteiger partial charge in [0.25, 0.3) is 0 Å². The van der Waals surface area contributed by atoms with Gasteiger partial charge in [-0.2, -0.15) is 0 Å². The van der Waals surface area contributed by atoms with Crippen LogP contribution in [-0.2, 0) is 11.8 Å². The Kier molecular flexibility index (Phi) is 7.98. The molecule has 0 saturated carbocycles. The van der Waals surface area contributed by atoms with Crippen molar-refractivity contribution in [1.29, 1.82) is 0 Å². The highest BCUT2D eigenvalue weighted by Gasteiger charge is 2.53. The van der Waals surface area contributed by atoms with E-state index in [0.29, 0.717) is 0 Å². The van der Waals surface area contributed by atoms with E-state index in [9.17, 15) is 0 Å². The minimum Gasteiger partial charge on any atom is -0.361 e. The van der Waals surface area contributed by atoms with E-state index in [1.54, 1.807) is 11.1 Å². The summed E-state index contributed by atoms with van der Waals surface area (Å²) in [7, 11) is 0. The van der Waals surface area contributed by atoms with Crippen LogP contribution in [0, 0.1) is 0 Å². The molecule has 1 spiro atoms. The topological polar surface area (TPSA) is 12.0 Å². The van der Waals surface area contributed by atoms with Gasteiger partial charge in [-0.05, 0) is 163 Å². The molecule has 0 bridgehead atoms. The van der Waals surface area contributed by atoms with Crippen LogP contribution in [0.5, 0.6) is 0 Å². The van der Waals surface area contributed by atoms with Crippen LogP contribution in [0.3, 0.4) is 0 Å². The molecule has 0 heterocycles. The summed E-state index contributed by atoms with van der Waals surface area (Å²) in [6, 6.07) is 39.1. The zero-order chi connectivity index (χ0) is 38.9. The first kappa shape index (κ1) is 34.4. The van der Waals surface area contributed by atoms with E-state index >= 15 is 0 Å². The first-order chi connectivity index (χ1) is 29.3. The Balaban J connectivity index is 0.804. The Morgan fingerprint density at radius 3 is 2.32 bits per heavy atom. The smallest absolute Gasteiger partial charge is 0.0688 e. The number of fused-ring (bicyclic) bond motifs is 11. The fourth-order valence-electron chi connectivity index (χ4n) is 11.3. The molecule has 1 unspecified atom stereocenters. The van der Waals surface area contributed by atoms with Crippen LogP contribution in [0.2, 0.25) is 0 Å². The summed E-state index contributed by atoms with van der Waals surface area (Å²) in [6.45, 7) is 0. The molecule has 1 atom stereocenters. The SMILES string of the molecule is C1=CCC(c2cccc3c2Cc2c(N/C=C/C=C4/C=CCC/C4=C/c4ccc(-c5ccc6c(c5)C5(C7=C(CCC=C7)C7=C5CC=C7)c5ccccc5-6)cc4)cccc2-3)=C1. The molecule has 1 nitrogen and oxygen atoms in total. The lowest BCUT2D eigenvalue weighted by Gasteiger charge is -2.34. The van der Waals surface area contributed by atoms with Crippen molar-refractivity contribution >= 4 is 17.3 Å². The Labute approximate surface area is 347 Å². The van der Waals surface area contributed by atoms with Gasteiger partial charge in [-0.15, -0.1) is 0 Å². The number of hydrogen-bond acceptors (Lipinski definition) is 1. The van der Waals surface area contributed by atoms with E-state index in [1.807, 2.05) is 0 Å². The summed E-state index contributed by atoms with van der Waals surface area (Å²) in [4.78, 5) is 0. The summed E-state index contributed by atoms with van der Waals surface area (Å²) in [5.74, 6) is 0. The van der Waals surface area contributed by atoms with Gasteiger partial charge in [-0.25, -0.2) is 0 Å². The van der Waals surface area contributed by atoms with Crippen molar-refractivity contribution < 1.29 is 0 Å². The van der Waals surface area contributed by atoms with Gasteiger partial charge in [-0.3, -0.25) is 0 Å². The predicted molar refractivity (Wildman–Crippen MR) is 248 cm³/mol. The van der Waals surface area contributed by atoms with Gasteiger partial charge in [-0.1, -0.05) is 158 Å². The maximum absolute atomic E-state index is 3.65. The van der Waals surface area contributed by atoms with Crippen LogP contribution in [-0.4, -0.2) is 0 Å². The third kappa shape index (κ3) is 5.31. The summed E-state index contributed by atoms with van der Waals surface area (Å²) in [5, 5.41) is 3.65. The van der Waals surface area contributed by atoms with Gasteiger partial charge >= 0.3 is 0 Å². The Morgan fingerprint density at radius 2 is 1.41 bits per heavy atom. The van der Waals surface area contributed by atoms with Crippen molar-refractivity contribution in [3.8, 4) is 33.4 Å². The molecule has 0 saturated heterocycles. The molecule has 5 aromatic carbocycles. The number of hydrogen-bond donors (Lipinski definition) is 1. The molecule has 0 aliphatic heterocycles. The maximum Gasteiger partial charge on any atom is 0.0688 e. The zero-order valence-electron chi connectivity index (χ0n) is 33.3. The van der Waals surface area contributed by atoms with Crippen molar-refractivity contribution in [2.75, 3.05) is 5.32 Å². The number of benzene rings is 5. The first-order valence-corrected chi connectivity index (χ1v) is 21.5. The molecule has 59 heavy (non-hydrogen) atoms. The summed E-state index contributed by atoms with van der Waals surface area (Å²) < 4.78 is 0. The highest BCUT2D eigenvalue weighted by Crippen LogP contribution is 2.64. The number of nitrogens with one attached hydrogen (secondary N) is 1. The molecule has 5 aromatic rings. The van der Waals surface area contributed by atoms with E-state index in [-0.39, 0.29) is 5.41 Å². The fraction of sp³-hybridized carbons (Fsp3) is 0.138. The Hall–Kier alpha value is -6.70. The van der Waals surface area contributed by atoms with Crippen molar-refractivity contribution in [1.82, 2.24) is 0 Å². The highest BCUT2D eigenvalue weighted by molar-refractivity contribution is 5.92. The highest BCUT2D eigenvalue weighted by atomic mass is 14.8. The Bertz CT molecular complexity index is 2960. The van der Waals surface area contributed by atoms with Gasteiger partial charge in [0.15, 0.2) is 0 Å². The lowest BCUT2D eigenvalue weighted by molar-refractivity contribution is 0.734. The molecule has 282 valence electrons. The van der Waals surface area contributed by atoms with Crippen molar-refractivity contribution in [2.24, 2.45) is 0 Å². The van der Waals surface area contributed by atoms with Crippen LogP contribution in [0.15, 0.2) is 210 Å². The fourth-order valence-corrected chi connectivity index (χ4v) is 11.3. The minimum absolute atomic E-state index is 0.194. The molecule has 12 rings (SSSR count). The summed E-state index contributed by atoms with van der Waals surface area (Å²) in [5.41, 5.74) is 27.6. The summed E-state index contributed by atoms with van der Waals surface area (Å²) >= 11 is 0. The van der Waals surface area contributed by atoms with Gasteiger partial charge in [0, 0.05) is 18.3 Å². The molecule has 7 aliphatic carbocycles. The van der Waals surface area contributed by atoms with Crippen LogP contribution in [0.1, 0.15) is 71.9 Å². The van der Waals surface area contributed by atoms with Crippen LogP contribution >= 0.6 is 0 Å². The zero-order valence-corrected chi connectivity index (χ0v) is 33.3. The molecular weight excluding hydrogens is 711 g/mol. The molecule has 7 aliphatic rings. The quantitative estimate of drug-likeness (QED) is 0.178. The normalized spacial score (nSPS) is 21.5. The number of anilines is 1. The van der Waals surface area contributed by atoms with Crippen molar-refractivity contribution in [3.05, 3.63) is 243 Å². The predicted octanol–water partition coefficient (Wildman–Crippen LogP) is 14.7. The van der Waals surface area contributed by atoms with E-state index < -0.39 is 0 Å². The average Bonchev–Trinajstić information content (AvgIpc) is 4.13. The lowest BCUT2D eigenvalue weighted by atomic mass is 9.67. The number of allylic oxidation sites excluding steroid dienone is 18. The van der Waals surface area contributed by atoms with Crippen molar-refractivity contribution in [2.45, 2.75) is 50.4 Å². The van der Waals surface area contributed by atoms with Crippen LogP contribution in [0.4, 0.5) is 5.69 Å². The third-order valence-corrected chi connectivity index (χ3v) is 13.9. The summed E-state index contributed by atoms with van der Waals surface area (Å²) in [6.07, 6.45) is 37.2. The van der Waals surface area contributed by atoms with E-state index in [0.717, 1.165) is 44.9 Å². The third-order valence-electron chi connectivity index (χ3n) is 13.9. The van der Waals surface area contributed by atoms with Crippen LogP contribution in [0.25, 0.3) is 45.0 Å². The van der Waals surface area contributed by atoms with E-state index in [4.69, 9.17) is 0 Å². The van der Waals surface area contributed by atoms with Crippen molar-refractivity contribution in [3.63, 3.8) is 0 Å². The second-order valence-corrected chi connectivity index (χ2v) is 16.9. The molecular formula is C58H45N. The van der Waals surface area contributed by atoms with Gasteiger partial charge in [0.1, 0.15) is 0 Å². The number of rotatable bonds is 6. The second-order valence-electron chi connectivity index (χ2n) is 16.9. The first-order valence-electron chi connectivity index (χ1n) is 21.5. The standard InChI is InChI=1S/C58H45N/c1-4-16-42(39(13-1)17-12-34-59-57-27-11-22-46-45-21-9-20-44(41-14-2-3-15-41)51(45)37-52(46)57)35-38-28-30-40(31-29-38)43-32-33-50-48-19-6-8-25-54(48)58(56(50)36-43)53-24-7-5-18-47(53)49-23-10-26-55(49)58/h1-3,6-14,17,19-25,27-36,59H,4-5,15-16,18,26,37H2/b34-12+,39-17-,42-35-. The second kappa shape index (κ2) is 13.7. The van der Waals surface area contributed by atoms with E-state index in [1.165, 1.54) is 100 Å². The molecule has 1 N–H and O–H groups in total. The van der Waals surface area contributed by atoms with Gasteiger partial charge in [0.2, 0.25) is 0 Å².